The summed E-state index contributed by atoms with van der Waals surface area (Å²) in [5, 5.41) is 0.690. The van der Waals surface area contributed by atoms with Crippen molar-refractivity contribution >= 4 is 23.4 Å². The fraction of sp³-hybridized carbons (Fsp3) is 0.519. The van der Waals surface area contributed by atoms with E-state index in [0.717, 1.165) is 56.7 Å². The Morgan fingerprint density at radius 3 is 2.17 bits per heavy atom. The summed E-state index contributed by atoms with van der Waals surface area (Å²) in [5.74, 6) is 2.62. The minimum absolute atomic E-state index is 0.0635. The van der Waals surface area contributed by atoms with Crippen LogP contribution in [0.1, 0.15) is 29.6 Å². The third kappa shape index (κ3) is 3.74. The van der Waals surface area contributed by atoms with Crippen LogP contribution in [0.3, 0.4) is 0 Å². The first-order chi connectivity index (χ1) is 17.5. The van der Waals surface area contributed by atoms with Gasteiger partial charge in [0.15, 0.2) is 0 Å². The van der Waals surface area contributed by atoms with Crippen LogP contribution in [0.2, 0.25) is 5.02 Å². The lowest BCUT2D eigenvalue weighted by Crippen LogP contribution is -2.45. The maximum Gasteiger partial charge on any atom is 0.255 e. The summed E-state index contributed by atoms with van der Waals surface area (Å²) in [4.78, 5) is 35.2. The van der Waals surface area contributed by atoms with Crippen LogP contribution >= 0.6 is 11.6 Å². The highest BCUT2D eigenvalue weighted by Gasteiger charge is 2.59. The van der Waals surface area contributed by atoms with Crippen LogP contribution in [0.5, 0.6) is 0 Å². The van der Waals surface area contributed by atoms with E-state index in [1.807, 2.05) is 41.3 Å². The van der Waals surface area contributed by atoms with Crippen LogP contribution in [0.15, 0.2) is 42.6 Å². The third-order valence-corrected chi connectivity index (χ3v) is 9.64. The summed E-state index contributed by atoms with van der Waals surface area (Å²) in [6.07, 6.45) is 4.57. The summed E-state index contributed by atoms with van der Waals surface area (Å²) >= 11 is 5.98. The number of fused-ring (bicyclic) bond motifs is 5. The van der Waals surface area contributed by atoms with Gasteiger partial charge in [-0.3, -0.25) is 14.6 Å². The van der Waals surface area contributed by atoms with Gasteiger partial charge in [0, 0.05) is 61.0 Å². The smallest absolute Gasteiger partial charge is 0.255 e. The van der Waals surface area contributed by atoms with Crippen molar-refractivity contribution in [3.8, 4) is 11.3 Å². The van der Waals surface area contributed by atoms with Crippen molar-refractivity contribution in [3.05, 3.63) is 53.2 Å². The molecule has 3 aliphatic heterocycles. The van der Waals surface area contributed by atoms with Crippen molar-refractivity contribution in [2.24, 2.45) is 29.6 Å². The molecular formula is C27H31ClN6O2. The molecule has 8 nitrogen and oxygen atoms in total. The summed E-state index contributed by atoms with van der Waals surface area (Å²) in [6, 6.07) is 12.1. The van der Waals surface area contributed by atoms with Crippen molar-refractivity contribution in [1.29, 1.82) is 0 Å². The molecule has 0 radical (unpaired) electrons. The van der Waals surface area contributed by atoms with Gasteiger partial charge in [-0.05, 0) is 67.2 Å². The molecular weight excluding hydrogens is 476 g/mol. The minimum atomic E-state index is 0.0635. The Balaban J connectivity index is 0.959. The number of benzene rings is 1. The lowest BCUT2D eigenvalue weighted by Gasteiger charge is -2.42. The monoisotopic (exact) mass is 506 g/mol. The largest absolute Gasteiger partial charge is 0.342 e. The fourth-order valence-electron chi connectivity index (χ4n) is 7.43. The first-order valence-corrected chi connectivity index (χ1v) is 13.5. The van der Waals surface area contributed by atoms with Gasteiger partial charge in [0.05, 0.1) is 11.3 Å². The van der Waals surface area contributed by atoms with E-state index >= 15 is 0 Å². The number of amides is 2. The average Bonchev–Trinajstić information content (AvgIpc) is 3.62. The van der Waals surface area contributed by atoms with Crippen LogP contribution in [-0.4, -0.2) is 64.9 Å². The molecule has 3 N–H and O–H groups in total. The van der Waals surface area contributed by atoms with Crippen molar-refractivity contribution in [2.75, 3.05) is 26.2 Å². The van der Waals surface area contributed by atoms with Crippen LogP contribution in [-0.2, 0) is 4.79 Å². The van der Waals surface area contributed by atoms with E-state index in [9.17, 15) is 9.59 Å². The number of halogens is 1. The number of carbonyl (C=O) groups is 2. The zero-order chi connectivity index (χ0) is 24.4. The van der Waals surface area contributed by atoms with Crippen molar-refractivity contribution in [2.45, 2.75) is 31.3 Å². The molecule has 3 saturated heterocycles. The third-order valence-electron chi connectivity index (χ3n) is 9.39. The Hall–Kier alpha value is -2.52. The Kier molecular flexibility index (Phi) is 5.54. The molecule has 1 aromatic heterocycles. The number of aromatic nitrogens is 1. The summed E-state index contributed by atoms with van der Waals surface area (Å²) in [7, 11) is 0. The predicted molar refractivity (Wildman–Crippen MR) is 135 cm³/mol. The maximum atomic E-state index is 13.3. The summed E-state index contributed by atoms with van der Waals surface area (Å²) in [5.41, 5.74) is 12.0. The second-order valence-electron chi connectivity index (χ2n) is 11.2. The molecule has 0 spiro atoms. The van der Waals surface area contributed by atoms with Crippen LogP contribution in [0.25, 0.3) is 11.3 Å². The van der Waals surface area contributed by atoms with E-state index in [-0.39, 0.29) is 11.8 Å². The molecule has 0 bridgehead atoms. The van der Waals surface area contributed by atoms with Gasteiger partial charge in [0.2, 0.25) is 5.91 Å². The predicted octanol–water partition coefficient (Wildman–Crippen LogP) is 2.33. The molecule has 2 saturated carbocycles. The van der Waals surface area contributed by atoms with Gasteiger partial charge in [-0.25, -0.2) is 10.9 Å². The Bertz CT molecular complexity index is 1150. The van der Waals surface area contributed by atoms with Crippen LogP contribution < -0.4 is 16.4 Å². The van der Waals surface area contributed by atoms with Gasteiger partial charge in [0.25, 0.3) is 5.91 Å². The van der Waals surface area contributed by atoms with E-state index in [2.05, 4.69) is 26.3 Å². The normalized spacial score (nSPS) is 34.6. The van der Waals surface area contributed by atoms with Gasteiger partial charge in [0.1, 0.15) is 0 Å². The highest BCUT2D eigenvalue weighted by atomic mass is 35.5. The molecule has 7 rings (SSSR count). The lowest BCUT2D eigenvalue weighted by atomic mass is 9.60. The topological polar surface area (TPSA) is 89.6 Å². The minimum Gasteiger partial charge on any atom is -0.342 e. The standard InChI is InChI=1S/C27H31ClN6O2/c28-18-5-1-15(2-6-18)23-7-4-17(10-29-23)27(36)34-13-21-19-11-33(12-20(19)22(21)14-34)26(35)16-3-8-24-25(9-16)31-32-30-24/h1-2,4-7,10,16,19-22,24-25,30-32H,3,8-9,11-14H2/t16-,19-,20+,21+,22-,24?,25?/m1/s1. The van der Waals surface area contributed by atoms with Gasteiger partial charge >= 0.3 is 0 Å². The first-order valence-electron chi connectivity index (χ1n) is 13.1. The molecule has 2 aliphatic carbocycles. The SMILES string of the molecule is O=C(c1ccc(-c2ccc(Cl)cc2)nc1)N1C[C@@H]2[C@H](C1)[C@H]1CN(C(=O)[C@@H]3CCC4NNNC4C3)C[C@@H]21. The number of hydrogen-bond acceptors (Lipinski definition) is 6. The first kappa shape index (κ1) is 22.7. The zero-order valence-electron chi connectivity index (χ0n) is 20.1. The second-order valence-corrected chi connectivity index (χ2v) is 11.6. The number of pyridine rings is 1. The van der Waals surface area contributed by atoms with E-state index < -0.39 is 0 Å². The highest BCUT2D eigenvalue weighted by molar-refractivity contribution is 6.30. The summed E-state index contributed by atoms with van der Waals surface area (Å²) in [6.45, 7) is 3.30. The number of hydrogen-bond donors (Lipinski definition) is 3. The van der Waals surface area contributed by atoms with Crippen LogP contribution in [0.4, 0.5) is 0 Å². The Labute approximate surface area is 215 Å². The quantitative estimate of drug-likeness (QED) is 0.592. The zero-order valence-corrected chi connectivity index (χ0v) is 20.8. The number of nitrogens with zero attached hydrogens (tertiary/aromatic N) is 3. The van der Waals surface area contributed by atoms with Crippen molar-refractivity contribution in [3.63, 3.8) is 0 Å². The van der Waals surface area contributed by atoms with Crippen molar-refractivity contribution in [1.82, 2.24) is 31.2 Å². The molecule has 1 aromatic carbocycles. The molecule has 5 aliphatic rings. The van der Waals surface area contributed by atoms with E-state index in [0.29, 0.717) is 52.2 Å². The molecule has 7 atom stereocenters. The second kappa shape index (κ2) is 8.80. The maximum absolute atomic E-state index is 13.3. The Morgan fingerprint density at radius 1 is 0.833 bits per heavy atom. The number of carbonyl (C=O) groups excluding carboxylic acids is 2. The average molecular weight is 507 g/mol. The Morgan fingerprint density at radius 2 is 1.50 bits per heavy atom. The molecule has 188 valence electrons. The van der Waals surface area contributed by atoms with Gasteiger partial charge in [-0.1, -0.05) is 23.7 Å². The molecule has 4 heterocycles. The van der Waals surface area contributed by atoms with Gasteiger partial charge in [-0.2, -0.15) is 5.53 Å². The molecule has 5 fully saturated rings. The molecule has 36 heavy (non-hydrogen) atoms. The number of hydrazine groups is 2. The van der Waals surface area contributed by atoms with E-state index in [1.54, 1.807) is 6.20 Å². The lowest BCUT2D eigenvalue weighted by molar-refractivity contribution is -0.136. The summed E-state index contributed by atoms with van der Waals surface area (Å²) < 4.78 is 0. The fourth-order valence-corrected chi connectivity index (χ4v) is 7.55. The molecule has 2 unspecified atom stereocenters. The van der Waals surface area contributed by atoms with Crippen LogP contribution in [0, 0.1) is 29.6 Å². The van der Waals surface area contributed by atoms with Gasteiger partial charge < -0.3 is 9.80 Å². The molecule has 2 amide bonds. The van der Waals surface area contributed by atoms with E-state index in [4.69, 9.17) is 11.6 Å². The number of likely N-dealkylation sites (tertiary alicyclic amines) is 2. The number of nitrogens with one attached hydrogen (secondary N) is 3. The van der Waals surface area contributed by atoms with Gasteiger partial charge in [-0.15, -0.1) is 0 Å². The molecule has 9 heteroatoms. The van der Waals surface area contributed by atoms with Crippen molar-refractivity contribution < 1.29 is 9.59 Å². The number of rotatable bonds is 3. The molecule has 2 aromatic rings. The highest BCUT2D eigenvalue weighted by Crippen LogP contribution is 2.54. The van der Waals surface area contributed by atoms with E-state index in [1.165, 1.54) is 0 Å².